The molecular formula is C29H22FN3O3. The molecule has 7 heteroatoms. The lowest BCUT2D eigenvalue weighted by molar-refractivity contribution is -0.469. The number of fused-ring (bicyclic) bond motifs is 1. The highest BCUT2D eigenvalue weighted by molar-refractivity contribution is 5.95. The lowest BCUT2D eigenvalue weighted by Gasteiger charge is -2.13. The Bertz CT molecular complexity index is 1630. The quantitative estimate of drug-likeness (QED) is 0.143. The summed E-state index contributed by atoms with van der Waals surface area (Å²) in [5.74, 6) is 0.129. The Hall–Kier alpha value is -4.78. The van der Waals surface area contributed by atoms with Crippen molar-refractivity contribution in [2.75, 3.05) is 7.11 Å². The van der Waals surface area contributed by atoms with E-state index in [2.05, 4.69) is 5.10 Å². The van der Waals surface area contributed by atoms with E-state index >= 15 is 0 Å². The monoisotopic (exact) mass is 479 g/mol. The molecule has 4 aromatic carbocycles. The third-order valence-electron chi connectivity index (χ3n) is 5.84. The number of halogens is 1. The Morgan fingerprint density at radius 1 is 0.944 bits per heavy atom. The van der Waals surface area contributed by atoms with Gasteiger partial charge in [0.05, 0.1) is 29.4 Å². The second-order valence-electron chi connectivity index (χ2n) is 8.23. The molecule has 0 unspecified atom stereocenters. The summed E-state index contributed by atoms with van der Waals surface area (Å²) in [5.41, 5.74) is 2.84. The molecule has 0 N–H and O–H groups in total. The van der Waals surface area contributed by atoms with Crippen LogP contribution < -0.4 is 10.3 Å². The maximum absolute atomic E-state index is 13.5. The van der Waals surface area contributed by atoms with Crippen LogP contribution in [-0.2, 0) is 6.54 Å². The zero-order chi connectivity index (χ0) is 25.1. The van der Waals surface area contributed by atoms with E-state index < -0.39 is 5.82 Å². The maximum Gasteiger partial charge on any atom is 0.279 e. The fourth-order valence-corrected chi connectivity index (χ4v) is 4.11. The van der Waals surface area contributed by atoms with Crippen molar-refractivity contribution >= 4 is 17.0 Å². The number of aromatic nitrogens is 2. The first-order chi connectivity index (χ1) is 17.5. The van der Waals surface area contributed by atoms with Crippen molar-refractivity contribution in [2.24, 2.45) is 0 Å². The van der Waals surface area contributed by atoms with Gasteiger partial charge in [0, 0.05) is 16.5 Å². The molecule has 1 aromatic heterocycles. The van der Waals surface area contributed by atoms with Crippen molar-refractivity contribution in [3.05, 3.63) is 130 Å². The largest absolute Gasteiger partial charge is 0.624 e. The first kappa shape index (κ1) is 23.0. The average Bonchev–Trinajstić information content (AvgIpc) is 2.90. The smallest absolute Gasteiger partial charge is 0.279 e. The van der Waals surface area contributed by atoms with E-state index in [1.54, 1.807) is 25.3 Å². The minimum atomic E-state index is -0.402. The summed E-state index contributed by atoms with van der Waals surface area (Å²) < 4.78 is 21.1. The van der Waals surface area contributed by atoms with Crippen LogP contribution in [0.15, 0.2) is 102 Å². The fourth-order valence-electron chi connectivity index (χ4n) is 4.11. The Labute approximate surface area is 206 Å². The summed E-state index contributed by atoms with van der Waals surface area (Å²) >= 11 is 0. The van der Waals surface area contributed by atoms with E-state index in [0.717, 1.165) is 10.3 Å². The minimum absolute atomic E-state index is 0.185. The molecule has 0 spiro atoms. The second-order valence-corrected chi connectivity index (χ2v) is 8.23. The molecule has 0 aliphatic heterocycles. The molecule has 178 valence electrons. The number of hydrogen-bond donors (Lipinski definition) is 0. The van der Waals surface area contributed by atoms with Crippen LogP contribution in [0.4, 0.5) is 4.39 Å². The summed E-state index contributed by atoms with van der Waals surface area (Å²) in [5, 5.41) is 18.5. The number of hydrogen-bond acceptors (Lipinski definition) is 4. The molecule has 0 atom stereocenters. The molecule has 0 bridgehead atoms. The van der Waals surface area contributed by atoms with Gasteiger partial charge in [0.2, 0.25) is 0 Å². The van der Waals surface area contributed by atoms with Crippen molar-refractivity contribution < 1.29 is 13.9 Å². The molecule has 5 rings (SSSR count). The molecule has 0 radical (unpaired) electrons. The van der Waals surface area contributed by atoms with Crippen LogP contribution in [0.1, 0.15) is 11.1 Å². The predicted octanol–water partition coefficient (Wildman–Crippen LogP) is 5.33. The van der Waals surface area contributed by atoms with Gasteiger partial charge in [-0.15, -0.1) is 0 Å². The first-order valence-corrected chi connectivity index (χ1v) is 11.3. The van der Waals surface area contributed by atoms with Crippen LogP contribution in [0.25, 0.3) is 27.7 Å². The third-order valence-corrected chi connectivity index (χ3v) is 5.84. The van der Waals surface area contributed by atoms with E-state index in [0.29, 0.717) is 39.0 Å². The van der Waals surface area contributed by atoms with Crippen molar-refractivity contribution in [1.82, 2.24) is 9.78 Å². The topological polar surface area (TPSA) is 70.2 Å². The Morgan fingerprint density at radius 2 is 1.64 bits per heavy atom. The van der Waals surface area contributed by atoms with Crippen LogP contribution in [0.3, 0.4) is 0 Å². The minimum Gasteiger partial charge on any atom is -0.624 e. The maximum atomic E-state index is 13.5. The molecule has 6 nitrogen and oxygen atoms in total. The predicted molar refractivity (Wildman–Crippen MR) is 138 cm³/mol. The highest BCUT2D eigenvalue weighted by Crippen LogP contribution is 2.29. The first-order valence-electron chi connectivity index (χ1n) is 11.3. The molecule has 0 aliphatic rings. The van der Waals surface area contributed by atoms with E-state index in [4.69, 9.17) is 4.74 Å². The standard InChI is InChI=1S/C29H22FN3O3/c1-36-27-16-11-21(17-22(27)19-32(35)18-20-7-3-2-4-8-20)28-25-9-5-6-10-26(25)29(34)33(31-28)24-14-12-23(30)13-15-24/h2-17,19H,18H2,1H3. The lowest BCUT2D eigenvalue weighted by Crippen LogP contribution is -2.22. The average molecular weight is 480 g/mol. The second kappa shape index (κ2) is 9.84. The number of hydroxylamine groups is 1. The zero-order valence-electron chi connectivity index (χ0n) is 19.5. The van der Waals surface area contributed by atoms with Gasteiger partial charge in [-0.05, 0) is 48.5 Å². The molecule has 5 aromatic rings. The number of nitrogens with zero attached hydrogens (tertiary/aromatic N) is 3. The van der Waals surface area contributed by atoms with Gasteiger partial charge in [-0.2, -0.15) is 9.78 Å². The summed E-state index contributed by atoms with van der Waals surface area (Å²) in [6.45, 7) is 0.185. The molecule has 36 heavy (non-hydrogen) atoms. The van der Waals surface area contributed by atoms with Gasteiger partial charge in [-0.25, -0.2) is 9.13 Å². The summed E-state index contributed by atoms with van der Waals surface area (Å²) in [7, 11) is 1.54. The van der Waals surface area contributed by atoms with E-state index in [1.165, 1.54) is 35.2 Å². The van der Waals surface area contributed by atoms with Gasteiger partial charge in [0.1, 0.15) is 11.6 Å². The van der Waals surface area contributed by atoms with Crippen molar-refractivity contribution in [2.45, 2.75) is 6.54 Å². The van der Waals surface area contributed by atoms with Gasteiger partial charge in [0.15, 0.2) is 12.8 Å². The molecule has 1 heterocycles. The van der Waals surface area contributed by atoms with Gasteiger partial charge in [-0.1, -0.05) is 48.5 Å². The Balaban J connectivity index is 1.65. The normalized spacial score (nSPS) is 11.6. The van der Waals surface area contributed by atoms with Crippen LogP contribution in [0.2, 0.25) is 0 Å². The molecule has 0 aliphatic carbocycles. The van der Waals surface area contributed by atoms with Gasteiger partial charge in [-0.3, -0.25) is 4.79 Å². The highest BCUT2D eigenvalue weighted by Gasteiger charge is 2.16. The summed E-state index contributed by atoms with van der Waals surface area (Å²) in [6.07, 6.45) is 1.48. The molecule has 0 amide bonds. The molecule has 0 saturated heterocycles. The van der Waals surface area contributed by atoms with Crippen LogP contribution >= 0.6 is 0 Å². The third kappa shape index (κ3) is 4.59. The van der Waals surface area contributed by atoms with Crippen molar-refractivity contribution in [1.29, 1.82) is 0 Å². The molecule has 0 fully saturated rings. The van der Waals surface area contributed by atoms with E-state index in [-0.39, 0.29) is 12.1 Å². The van der Waals surface area contributed by atoms with Crippen LogP contribution in [0, 0.1) is 11.0 Å². The van der Waals surface area contributed by atoms with Crippen LogP contribution in [-0.4, -0.2) is 27.8 Å². The summed E-state index contributed by atoms with van der Waals surface area (Å²) in [6, 6.07) is 27.6. The van der Waals surface area contributed by atoms with Crippen molar-refractivity contribution in [3.8, 4) is 22.7 Å². The van der Waals surface area contributed by atoms with Crippen molar-refractivity contribution in [3.63, 3.8) is 0 Å². The SMILES string of the molecule is COc1ccc(-c2nn(-c3ccc(F)cc3)c(=O)c3ccccc23)cc1C=[N+]([O-])Cc1ccccc1. The Kier molecular flexibility index (Phi) is 6.28. The lowest BCUT2D eigenvalue weighted by atomic mass is 10.0. The number of benzene rings is 4. The molecular weight excluding hydrogens is 457 g/mol. The van der Waals surface area contributed by atoms with Gasteiger partial charge >= 0.3 is 0 Å². The number of rotatable bonds is 6. The van der Waals surface area contributed by atoms with E-state index in [1.807, 2.05) is 54.6 Å². The van der Waals surface area contributed by atoms with E-state index in [9.17, 15) is 14.4 Å². The number of ether oxygens (including phenoxy) is 1. The van der Waals surface area contributed by atoms with Gasteiger partial charge < -0.3 is 9.94 Å². The molecule has 0 saturated carbocycles. The number of methoxy groups -OCH3 is 1. The zero-order valence-corrected chi connectivity index (χ0v) is 19.5. The summed E-state index contributed by atoms with van der Waals surface area (Å²) in [4.78, 5) is 13.2. The Morgan fingerprint density at radius 3 is 2.36 bits per heavy atom. The highest BCUT2D eigenvalue weighted by atomic mass is 19.1. The van der Waals surface area contributed by atoms with Gasteiger partial charge in [0.25, 0.3) is 5.56 Å². The van der Waals surface area contributed by atoms with Crippen LogP contribution in [0.5, 0.6) is 5.75 Å². The fraction of sp³-hybridized carbons (Fsp3) is 0.0690.